The molecule has 0 spiro atoms. The van der Waals surface area contributed by atoms with Gasteiger partial charge in [0.1, 0.15) is 16.6 Å². The molecule has 4 nitrogen and oxygen atoms in total. The quantitative estimate of drug-likeness (QED) is 0.720. The number of ether oxygens (including phenoxy) is 1. The van der Waals surface area contributed by atoms with E-state index in [9.17, 15) is 9.18 Å². The molecule has 3 aromatic rings. The van der Waals surface area contributed by atoms with Crippen molar-refractivity contribution in [3.05, 3.63) is 64.9 Å². The summed E-state index contributed by atoms with van der Waals surface area (Å²) in [5.41, 5.74) is 1.57. The lowest BCUT2D eigenvalue weighted by molar-refractivity contribution is -0.118. The predicted octanol–water partition coefficient (Wildman–Crippen LogP) is 4.62. The lowest BCUT2D eigenvalue weighted by Crippen LogP contribution is -2.20. The second-order valence-electron chi connectivity index (χ2n) is 4.83. The van der Waals surface area contributed by atoms with Gasteiger partial charge in [0.2, 0.25) is 0 Å². The number of amides is 1. The number of aromatic nitrogens is 1. The first-order valence-electron chi connectivity index (χ1n) is 6.99. The number of carbonyl (C=O) groups excluding carboxylic acids is 1. The minimum atomic E-state index is -0.535. The fourth-order valence-electron chi connectivity index (χ4n) is 2.01. The first kappa shape index (κ1) is 16.4. The molecule has 2 aromatic carbocycles. The highest BCUT2D eigenvalue weighted by Crippen LogP contribution is 2.24. The zero-order chi connectivity index (χ0) is 16.9. The normalized spacial score (nSPS) is 10.4. The van der Waals surface area contributed by atoms with Crippen LogP contribution in [0.4, 0.5) is 10.1 Å². The van der Waals surface area contributed by atoms with E-state index in [-0.39, 0.29) is 17.5 Å². The SMILES string of the molecule is O=C(COc1ccc(F)c(Cl)c1)Nc1cccc(-c2nccs2)c1. The van der Waals surface area contributed by atoms with Gasteiger partial charge in [-0.25, -0.2) is 9.37 Å². The van der Waals surface area contributed by atoms with Crippen LogP contribution in [0.2, 0.25) is 5.02 Å². The summed E-state index contributed by atoms with van der Waals surface area (Å²) < 4.78 is 18.4. The molecule has 1 heterocycles. The molecule has 0 aliphatic carbocycles. The van der Waals surface area contributed by atoms with Crippen LogP contribution in [-0.2, 0) is 4.79 Å². The molecule has 0 atom stereocenters. The fourth-order valence-corrected chi connectivity index (χ4v) is 2.81. The third-order valence-electron chi connectivity index (χ3n) is 3.09. The minimum Gasteiger partial charge on any atom is -0.484 e. The van der Waals surface area contributed by atoms with Gasteiger partial charge in [0.05, 0.1) is 5.02 Å². The predicted molar refractivity (Wildman–Crippen MR) is 93.1 cm³/mol. The van der Waals surface area contributed by atoms with Crippen molar-refractivity contribution in [2.75, 3.05) is 11.9 Å². The number of hydrogen-bond donors (Lipinski definition) is 1. The standard InChI is InChI=1S/C17H12ClFN2O2S/c18-14-9-13(4-5-15(14)19)23-10-16(22)21-12-3-1-2-11(8-12)17-20-6-7-24-17/h1-9H,10H2,(H,21,22). The molecule has 3 rings (SSSR count). The topological polar surface area (TPSA) is 51.2 Å². The largest absolute Gasteiger partial charge is 0.484 e. The van der Waals surface area contributed by atoms with Crippen molar-refractivity contribution in [1.29, 1.82) is 0 Å². The van der Waals surface area contributed by atoms with Crippen LogP contribution in [0, 0.1) is 5.82 Å². The molecule has 0 bridgehead atoms. The minimum absolute atomic E-state index is 0.0518. The lowest BCUT2D eigenvalue weighted by Gasteiger charge is -2.09. The summed E-state index contributed by atoms with van der Waals surface area (Å²) in [6, 6.07) is 11.3. The second kappa shape index (κ2) is 7.42. The third kappa shape index (κ3) is 4.10. The molecule has 0 unspecified atom stereocenters. The van der Waals surface area contributed by atoms with Crippen molar-refractivity contribution >= 4 is 34.5 Å². The average Bonchev–Trinajstić information content (AvgIpc) is 3.11. The van der Waals surface area contributed by atoms with E-state index in [4.69, 9.17) is 16.3 Å². The van der Waals surface area contributed by atoms with Gasteiger partial charge >= 0.3 is 0 Å². The Hall–Kier alpha value is -2.44. The molecule has 0 radical (unpaired) electrons. The van der Waals surface area contributed by atoms with Crippen LogP contribution < -0.4 is 10.1 Å². The zero-order valence-corrected chi connectivity index (χ0v) is 13.9. The monoisotopic (exact) mass is 362 g/mol. The zero-order valence-electron chi connectivity index (χ0n) is 12.3. The average molecular weight is 363 g/mol. The maximum atomic E-state index is 13.1. The number of thiazole rings is 1. The Kier molecular flexibility index (Phi) is 5.08. The van der Waals surface area contributed by atoms with Gasteiger partial charge in [-0.2, -0.15) is 0 Å². The number of hydrogen-bond acceptors (Lipinski definition) is 4. The van der Waals surface area contributed by atoms with E-state index >= 15 is 0 Å². The van der Waals surface area contributed by atoms with Crippen molar-refractivity contribution < 1.29 is 13.9 Å². The molecule has 0 saturated carbocycles. The van der Waals surface area contributed by atoms with Crippen molar-refractivity contribution in [1.82, 2.24) is 4.98 Å². The number of rotatable bonds is 5. The Morgan fingerprint density at radius 3 is 2.92 bits per heavy atom. The van der Waals surface area contributed by atoms with Gasteiger partial charge in [-0.15, -0.1) is 11.3 Å². The van der Waals surface area contributed by atoms with Crippen molar-refractivity contribution in [3.8, 4) is 16.3 Å². The van der Waals surface area contributed by atoms with Crippen LogP contribution >= 0.6 is 22.9 Å². The Balaban J connectivity index is 1.60. The van der Waals surface area contributed by atoms with Gasteiger partial charge in [-0.05, 0) is 24.3 Å². The molecule has 0 saturated heterocycles. The van der Waals surface area contributed by atoms with E-state index < -0.39 is 5.82 Å². The van der Waals surface area contributed by atoms with Gasteiger partial charge in [0.25, 0.3) is 5.91 Å². The first-order valence-corrected chi connectivity index (χ1v) is 8.25. The molecule has 1 amide bonds. The Morgan fingerprint density at radius 1 is 1.29 bits per heavy atom. The van der Waals surface area contributed by atoms with Crippen LogP contribution in [0.1, 0.15) is 0 Å². The molecule has 0 aliphatic heterocycles. The van der Waals surface area contributed by atoms with Crippen LogP contribution in [0.5, 0.6) is 5.75 Å². The Bertz CT molecular complexity index is 856. The molecule has 0 fully saturated rings. The smallest absolute Gasteiger partial charge is 0.262 e. The Morgan fingerprint density at radius 2 is 2.17 bits per heavy atom. The van der Waals surface area contributed by atoms with Crippen molar-refractivity contribution in [2.45, 2.75) is 0 Å². The van der Waals surface area contributed by atoms with Crippen LogP contribution in [0.25, 0.3) is 10.6 Å². The number of halogens is 2. The lowest BCUT2D eigenvalue weighted by atomic mass is 10.2. The summed E-state index contributed by atoms with van der Waals surface area (Å²) in [4.78, 5) is 16.2. The van der Waals surface area contributed by atoms with Crippen LogP contribution in [0.15, 0.2) is 54.0 Å². The van der Waals surface area contributed by atoms with Gasteiger partial charge in [-0.1, -0.05) is 23.7 Å². The maximum Gasteiger partial charge on any atom is 0.262 e. The van der Waals surface area contributed by atoms with E-state index in [1.807, 2.05) is 23.6 Å². The Labute approximate surface area is 146 Å². The second-order valence-corrected chi connectivity index (χ2v) is 6.13. The van der Waals surface area contributed by atoms with E-state index in [1.54, 1.807) is 12.3 Å². The summed E-state index contributed by atoms with van der Waals surface area (Å²) in [5.74, 6) is -0.535. The van der Waals surface area contributed by atoms with E-state index in [1.165, 1.54) is 29.5 Å². The highest BCUT2D eigenvalue weighted by molar-refractivity contribution is 7.13. The van der Waals surface area contributed by atoms with Gasteiger partial charge in [0.15, 0.2) is 6.61 Å². The van der Waals surface area contributed by atoms with Crippen LogP contribution in [-0.4, -0.2) is 17.5 Å². The number of nitrogens with zero attached hydrogens (tertiary/aromatic N) is 1. The molecular weight excluding hydrogens is 351 g/mol. The van der Waals surface area contributed by atoms with E-state index in [0.717, 1.165) is 10.6 Å². The number of nitrogens with one attached hydrogen (secondary N) is 1. The molecule has 122 valence electrons. The van der Waals surface area contributed by atoms with Gasteiger partial charge in [0, 0.05) is 28.9 Å². The molecule has 0 aliphatic rings. The molecule has 7 heteroatoms. The van der Waals surface area contributed by atoms with E-state index in [0.29, 0.717) is 11.4 Å². The molecule has 1 aromatic heterocycles. The summed E-state index contributed by atoms with van der Waals surface area (Å²) in [7, 11) is 0. The maximum absolute atomic E-state index is 13.1. The van der Waals surface area contributed by atoms with Crippen molar-refractivity contribution in [2.24, 2.45) is 0 Å². The highest BCUT2D eigenvalue weighted by atomic mass is 35.5. The molecular formula is C17H12ClFN2O2S. The van der Waals surface area contributed by atoms with E-state index in [2.05, 4.69) is 10.3 Å². The number of benzene rings is 2. The van der Waals surface area contributed by atoms with Gasteiger partial charge in [-0.3, -0.25) is 4.79 Å². The summed E-state index contributed by atoms with van der Waals surface area (Å²) in [6.07, 6.45) is 1.73. The number of anilines is 1. The third-order valence-corrected chi connectivity index (χ3v) is 4.20. The highest BCUT2D eigenvalue weighted by Gasteiger charge is 2.07. The molecule has 1 N–H and O–H groups in total. The van der Waals surface area contributed by atoms with Crippen molar-refractivity contribution in [3.63, 3.8) is 0 Å². The molecule has 24 heavy (non-hydrogen) atoms. The summed E-state index contributed by atoms with van der Waals surface area (Å²) in [5, 5.41) is 5.46. The number of carbonyl (C=O) groups is 1. The summed E-state index contributed by atoms with van der Waals surface area (Å²) in [6.45, 7) is -0.205. The van der Waals surface area contributed by atoms with Gasteiger partial charge < -0.3 is 10.1 Å². The fraction of sp³-hybridized carbons (Fsp3) is 0.0588. The van der Waals surface area contributed by atoms with Crippen LogP contribution in [0.3, 0.4) is 0 Å². The summed E-state index contributed by atoms with van der Waals surface area (Å²) >= 11 is 7.19. The first-order chi connectivity index (χ1) is 11.6.